The Balaban J connectivity index is 2.15. The van der Waals surface area contributed by atoms with Crippen LogP contribution in [0.5, 0.6) is 0 Å². The third-order valence-corrected chi connectivity index (χ3v) is 6.49. The molecule has 154 valence electrons. The lowest BCUT2D eigenvalue weighted by Crippen LogP contribution is -2.33. The van der Waals surface area contributed by atoms with E-state index in [-0.39, 0.29) is 6.61 Å². The highest BCUT2D eigenvalue weighted by Crippen LogP contribution is 2.49. The number of aliphatic hydroxyl groups is 1. The molecule has 0 bridgehead atoms. The van der Waals surface area contributed by atoms with E-state index in [0.29, 0.717) is 26.1 Å². The van der Waals surface area contributed by atoms with Gasteiger partial charge in [-0.3, -0.25) is 0 Å². The minimum absolute atomic E-state index is 0.119. The molecular weight excluding hydrogens is 392 g/mol. The first-order chi connectivity index (χ1) is 14.8. The van der Waals surface area contributed by atoms with E-state index in [2.05, 4.69) is 87.1 Å². The summed E-state index contributed by atoms with van der Waals surface area (Å²) in [6, 6.07) is 31.4. The summed E-state index contributed by atoms with van der Waals surface area (Å²) >= 11 is 1.73. The molecule has 3 aromatic carbocycles. The molecule has 5 nitrogen and oxygen atoms in total. The number of azide groups is 1. The highest BCUT2D eigenvalue weighted by Gasteiger charge is 2.39. The van der Waals surface area contributed by atoms with Gasteiger partial charge in [-0.2, -0.15) is 0 Å². The molecule has 1 N–H and O–H groups in total. The third-order valence-electron chi connectivity index (χ3n) is 4.89. The molecule has 0 spiro atoms. The average Bonchev–Trinajstić information content (AvgIpc) is 2.82. The van der Waals surface area contributed by atoms with Crippen LogP contribution in [0.1, 0.15) is 23.1 Å². The first kappa shape index (κ1) is 21.9. The summed E-state index contributed by atoms with van der Waals surface area (Å²) < 4.78 is 1.73. The topological polar surface area (TPSA) is 72.2 Å². The van der Waals surface area contributed by atoms with Crippen LogP contribution in [0.3, 0.4) is 0 Å². The number of nitrogens with zero attached hydrogens (tertiary/aromatic N) is 4. The van der Waals surface area contributed by atoms with Gasteiger partial charge in [0.1, 0.15) is 4.75 Å². The van der Waals surface area contributed by atoms with Gasteiger partial charge in [-0.25, -0.2) is 4.31 Å². The van der Waals surface area contributed by atoms with Crippen molar-refractivity contribution in [2.45, 2.75) is 11.2 Å². The van der Waals surface area contributed by atoms with E-state index >= 15 is 0 Å². The van der Waals surface area contributed by atoms with Crippen molar-refractivity contribution in [3.05, 3.63) is 118 Å². The molecule has 0 radical (unpaired) electrons. The predicted molar refractivity (Wildman–Crippen MR) is 124 cm³/mol. The number of hydrogen-bond donors (Lipinski definition) is 1. The van der Waals surface area contributed by atoms with Crippen LogP contribution in [0.4, 0.5) is 0 Å². The van der Waals surface area contributed by atoms with Crippen LogP contribution in [0.2, 0.25) is 0 Å². The van der Waals surface area contributed by atoms with Crippen molar-refractivity contribution < 1.29 is 5.11 Å². The summed E-state index contributed by atoms with van der Waals surface area (Å²) in [7, 11) is 0. The molecule has 3 rings (SSSR count). The van der Waals surface area contributed by atoms with Gasteiger partial charge in [-0.15, -0.1) is 0 Å². The van der Waals surface area contributed by atoms with Gasteiger partial charge in [0.2, 0.25) is 0 Å². The molecule has 0 atom stereocenters. The molecule has 0 aliphatic rings. The Morgan fingerprint density at radius 2 is 1.27 bits per heavy atom. The quantitative estimate of drug-likeness (QED) is 0.144. The summed E-state index contributed by atoms with van der Waals surface area (Å²) in [5, 5.41) is 13.1. The second kappa shape index (κ2) is 11.4. The molecule has 0 saturated heterocycles. The zero-order valence-electron chi connectivity index (χ0n) is 16.8. The molecule has 0 aliphatic carbocycles. The van der Waals surface area contributed by atoms with Crippen molar-refractivity contribution in [2.24, 2.45) is 5.11 Å². The van der Waals surface area contributed by atoms with Gasteiger partial charge in [0.05, 0.1) is 0 Å². The normalized spacial score (nSPS) is 11.3. The smallest absolute Gasteiger partial charge is 0.105 e. The number of hydrogen-bond acceptors (Lipinski definition) is 4. The first-order valence-corrected chi connectivity index (χ1v) is 10.8. The Morgan fingerprint density at radius 3 is 1.67 bits per heavy atom. The monoisotopic (exact) mass is 418 g/mol. The number of rotatable bonds is 11. The van der Waals surface area contributed by atoms with Crippen LogP contribution in [-0.2, 0) is 4.75 Å². The molecule has 0 aliphatic heterocycles. The maximum absolute atomic E-state index is 9.42. The predicted octanol–water partition coefficient (Wildman–Crippen LogP) is 5.62. The summed E-state index contributed by atoms with van der Waals surface area (Å²) in [6.07, 6.45) is 0.651. The van der Waals surface area contributed by atoms with Gasteiger partial charge in [-0.1, -0.05) is 108 Å². The first-order valence-electron chi connectivity index (χ1n) is 10.0. The Labute approximate surface area is 182 Å². The van der Waals surface area contributed by atoms with Gasteiger partial charge in [0.25, 0.3) is 0 Å². The second-order valence-electron chi connectivity index (χ2n) is 6.83. The Hall–Kier alpha value is -2.76. The van der Waals surface area contributed by atoms with E-state index in [9.17, 15) is 5.11 Å². The number of benzene rings is 3. The van der Waals surface area contributed by atoms with Crippen LogP contribution in [0.25, 0.3) is 10.4 Å². The Bertz CT molecular complexity index is 835. The van der Waals surface area contributed by atoms with Crippen molar-refractivity contribution in [1.82, 2.24) is 4.31 Å². The molecular formula is C24H26N4OS. The summed E-state index contributed by atoms with van der Waals surface area (Å²) in [5.74, 6) is 0. The van der Waals surface area contributed by atoms with Crippen molar-refractivity contribution in [1.29, 1.82) is 0 Å². The van der Waals surface area contributed by atoms with E-state index < -0.39 is 4.75 Å². The fourth-order valence-corrected chi connectivity index (χ4v) is 5.03. The van der Waals surface area contributed by atoms with Crippen molar-refractivity contribution in [3.8, 4) is 0 Å². The zero-order chi connectivity index (χ0) is 21.1. The minimum atomic E-state index is -0.477. The third kappa shape index (κ3) is 5.23. The molecule has 0 heterocycles. The lowest BCUT2D eigenvalue weighted by molar-refractivity contribution is 0.273. The van der Waals surface area contributed by atoms with Crippen molar-refractivity contribution in [3.63, 3.8) is 0 Å². The van der Waals surface area contributed by atoms with Gasteiger partial charge < -0.3 is 5.11 Å². The van der Waals surface area contributed by atoms with E-state index in [4.69, 9.17) is 5.53 Å². The molecule has 0 aromatic heterocycles. The van der Waals surface area contributed by atoms with Crippen LogP contribution in [-0.4, -0.2) is 35.7 Å². The fourth-order valence-electron chi connectivity index (χ4n) is 3.52. The summed E-state index contributed by atoms with van der Waals surface area (Å²) in [6.45, 7) is 1.79. The maximum Gasteiger partial charge on any atom is 0.105 e. The van der Waals surface area contributed by atoms with Crippen LogP contribution in [0.15, 0.2) is 96.1 Å². The zero-order valence-corrected chi connectivity index (χ0v) is 17.7. The SMILES string of the molecule is [N-]=[N+]=NCCN(CCCO)SC(c1ccccc1)(c1ccccc1)c1ccccc1. The number of aliphatic hydroxyl groups excluding tert-OH is 1. The van der Waals surface area contributed by atoms with Crippen LogP contribution >= 0.6 is 11.9 Å². The molecule has 30 heavy (non-hydrogen) atoms. The molecule has 0 amide bonds. The molecule has 3 aromatic rings. The van der Waals surface area contributed by atoms with Crippen LogP contribution < -0.4 is 0 Å². The summed E-state index contributed by atoms with van der Waals surface area (Å²) in [4.78, 5) is 2.90. The van der Waals surface area contributed by atoms with Gasteiger partial charge in [0.15, 0.2) is 0 Å². The maximum atomic E-state index is 9.42. The van der Waals surface area contributed by atoms with E-state index in [1.807, 2.05) is 18.2 Å². The van der Waals surface area contributed by atoms with Gasteiger partial charge in [0, 0.05) is 31.2 Å². The van der Waals surface area contributed by atoms with Crippen molar-refractivity contribution in [2.75, 3.05) is 26.2 Å². The van der Waals surface area contributed by atoms with E-state index in [1.54, 1.807) is 11.9 Å². The summed E-state index contributed by atoms with van der Waals surface area (Å²) in [5.41, 5.74) is 12.2. The highest BCUT2D eigenvalue weighted by atomic mass is 32.2. The Kier molecular flexibility index (Phi) is 8.36. The van der Waals surface area contributed by atoms with E-state index in [1.165, 1.54) is 16.7 Å². The van der Waals surface area contributed by atoms with E-state index in [0.717, 1.165) is 0 Å². The van der Waals surface area contributed by atoms with Crippen molar-refractivity contribution >= 4 is 11.9 Å². The highest BCUT2D eigenvalue weighted by molar-refractivity contribution is 7.98. The van der Waals surface area contributed by atoms with Gasteiger partial charge >= 0.3 is 0 Å². The molecule has 6 heteroatoms. The molecule has 0 saturated carbocycles. The average molecular weight is 419 g/mol. The largest absolute Gasteiger partial charge is 0.396 e. The standard InChI is InChI=1S/C24H26N4OS/c25-27-26-17-19-28(18-10-20-29)30-24(21-11-4-1-5-12-21,22-13-6-2-7-14-22)23-15-8-3-9-16-23/h1-9,11-16,29H,10,17-20H2. The molecule has 0 unspecified atom stereocenters. The lowest BCUT2D eigenvalue weighted by Gasteiger charge is -2.39. The minimum Gasteiger partial charge on any atom is -0.396 e. The molecule has 0 fully saturated rings. The lowest BCUT2D eigenvalue weighted by atomic mass is 9.84. The van der Waals surface area contributed by atoms with Gasteiger partial charge in [-0.05, 0) is 28.6 Å². The van der Waals surface area contributed by atoms with Crippen LogP contribution in [0, 0.1) is 0 Å². The Morgan fingerprint density at radius 1 is 0.800 bits per heavy atom. The fraction of sp³-hybridized carbons (Fsp3) is 0.250. The second-order valence-corrected chi connectivity index (χ2v) is 8.14.